The zero-order chi connectivity index (χ0) is 22.4. The van der Waals surface area contributed by atoms with Crippen LogP contribution in [0.3, 0.4) is 0 Å². The molecule has 3 saturated heterocycles. The zero-order valence-electron chi connectivity index (χ0n) is 18.7. The van der Waals surface area contributed by atoms with Crippen LogP contribution in [0.4, 0.5) is 11.4 Å². The van der Waals surface area contributed by atoms with Crippen LogP contribution in [-0.4, -0.2) is 41.8 Å². The molecule has 1 spiro atoms. The molecule has 0 aliphatic carbocycles. The van der Waals surface area contributed by atoms with Crippen molar-refractivity contribution in [1.82, 2.24) is 4.90 Å². The van der Waals surface area contributed by atoms with Gasteiger partial charge in [-0.1, -0.05) is 24.3 Å². The van der Waals surface area contributed by atoms with Crippen molar-refractivity contribution in [3.63, 3.8) is 0 Å². The van der Waals surface area contributed by atoms with Gasteiger partial charge in [-0.2, -0.15) is 0 Å². The number of carbonyl (C=O) groups is 3. The van der Waals surface area contributed by atoms with E-state index in [0.29, 0.717) is 12.2 Å². The van der Waals surface area contributed by atoms with Gasteiger partial charge in [-0.25, -0.2) is 4.90 Å². The van der Waals surface area contributed by atoms with Crippen LogP contribution in [0, 0.1) is 25.7 Å². The van der Waals surface area contributed by atoms with Gasteiger partial charge in [0.05, 0.1) is 17.5 Å². The van der Waals surface area contributed by atoms with Crippen molar-refractivity contribution in [2.75, 3.05) is 22.9 Å². The second-order valence-electron chi connectivity index (χ2n) is 9.52. The Morgan fingerprint density at radius 3 is 2.53 bits per heavy atom. The standard InChI is InChI=1S/C26H27N3O3/c1-4-27-19-9-6-5-8-18(19)26(25(27)32)22-21(20-10-7-13-28(20)26)23(30)29(24(22)31)17-12-11-15(2)16(3)14-17/h5-6,8-9,11-12,14,20-22H,4,7,10,13H2,1-3H3/t20-,21+,22-,26+/m0/s1. The smallest absolute Gasteiger partial charge is 0.253 e. The molecule has 0 unspecified atom stereocenters. The van der Waals surface area contributed by atoms with E-state index in [-0.39, 0.29) is 23.8 Å². The molecule has 32 heavy (non-hydrogen) atoms. The van der Waals surface area contributed by atoms with E-state index >= 15 is 0 Å². The van der Waals surface area contributed by atoms with E-state index in [4.69, 9.17) is 0 Å². The van der Waals surface area contributed by atoms with Crippen LogP contribution in [0.5, 0.6) is 0 Å². The third kappa shape index (κ3) is 2.11. The number of likely N-dealkylation sites (N-methyl/N-ethyl adjacent to an activating group) is 1. The number of rotatable bonds is 2. The highest BCUT2D eigenvalue weighted by Gasteiger charge is 2.75. The van der Waals surface area contributed by atoms with Gasteiger partial charge in [-0.05, 0) is 69.5 Å². The van der Waals surface area contributed by atoms with Crippen molar-refractivity contribution in [3.8, 4) is 0 Å². The number of aryl methyl sites for hydroxylation is 2. The quantitative estimate of drug-likeness (QED) is 0.688. The summed E-state index contributed by atoms with van der Waals surface area (Å²) >= 11 is 0. The zero-order valence-corrected chi connectivity index (χ0v) is 18.7. The molecule has 0 N–H and O–H groups in total. The minimum Gasteiger partial charge on any atom is -0.310 e. The van der Waals surface area contributed by atoms with Gasteiger partial charge in [0.2, 0.25) is 11.8 Å². The molecule has 6 rings (SSSR count). The summed E-state index contributed by atoms with van der Waals surface area (Å²) in [5.74, 6) is -1.62. The molecule has 0 saturated carbocycles. The Balaban J connectivity index is 1.56. The number of carbonyl (C=O) groups excluding carboxylic acids is 3. The van der Waals surface area contributed by atoms with Gasteiger partial charge in [0, 0.05) is 23.8 Å². The van der Waals surface area contributed by atoms with Gasteiger partial charge in [0.25, 0.3) is 5.91 Å². The molecule has 4 aliphatic heterocycles. The Bertz CT molecular complexity index is 1190. The molecule has 3 fully saturated rings. The Labute approximate surface area is 187 Å². The maximum absolute atomic E-state index is 14.1. The summed E-state index contributed by atoms with van der Waals surface area (Å²) in [5.41, 5.74) is 3.44. The van der Waals surface area contributed by atoms with Crippen LogP contribution in [0.25, 0.3) is 0 Å². The van der Waals surface area contributed by atoms with Crippen LogP contribution in [-0.2, 0) is 19.9 Å². The first-order valence-corrected chi connectivity index (χ1v) is 11.6. The lowest BCUT2D eigenvalue weighted by atomic mass is 9.75. The van der Waals surface area contributed by atoms with Crippen molar-refractivity contribution >= 4 is 29.1 Å². The number of amides is 3. The van der Waals surface area contributed by atoms with E-state index in [1.807, 2.05) is 63.2 Å². The van der Waals surface area contributed by atoms with E-state index < -0.39 is 17.4 Å². The van der Waals surface area contributed by atoms with Crippen LogP contribution >= 0.6 is 0 Å². The van der Waals surface area contributed by atoms with E-state index in [9.17, 15) is 14.4 Å². The molecule has 2 aromatic carbocycles. The molecule has 3 amide bonds. The van der Waals surface area contributed by atoms with Gasteiger partial charge in [0.15, 0.2) is 0 Å². The summed E-state index contributed by atoms with van der Waals surface area (Å²) in [6.45, 7) is 7.24. The van der Waals surface area contributed by atoms with Crippen molar-refractivity contribution in [2.45, 2.75) is 45.2 Å². The number of fused-ring (bicyclic) bond motifs is 7. The lowest BCUT2D eigenvalue weighted by molar-refractivity contribution is -0.137. The maximum Gasteiger partial charge on any atom is 0.253 e. The van der Waals surface area contributed by atoms with E-state index in [1.165, 1.54) is 4.90 Å². The van der Waals surface area contributed by atoms with E-state index in [1.54, 1.807) is 4.90 Å². The van der Waals surface area contributed by atoms with Gasteiger partial charge >= 0.3 is 0 Å². The molecule has 2 aromatic rings. The summed E-state index contributed by atoms with van der Waals surface area (Å²) < 4.78 is 0. The largest absolute Gasteiger partial charge is 0.310 e. The Hall–Kier alpha value is -2.99. The number of anilines is 2. The maximum atomic E-state index is 14.1. The fourth-order valence-corrected chi connectivity index (χ4v) is 6.77. The topological polar surface area (TPSA) is 60.9 Å². The Morgan fingerprint density at radius 2 is 1.78 bits per heavy atom. The number of benzene rings is 2. The Morgan fingerprint density at radius 1 is 1.00 bits per heavy atom. The van der Waals surface area contributed by atoms with Gasteiger partial charge in [-0.15, -0.1) is 0 Å². The molecule has 0 radical (unpaired) electrons. The lowest BCUT2D eigenvalue weighted by Crippen LogP contribution is -2.56. The first-order chi connectivity index (χ1) is 15.4. The predicted molar refractivity (Wildman–Crippen MR) is 121 cm³/mol. The Kier molecular flexibility index (Phi) is 4.01. The second-order valence-corrected chi connectivity index (χ2v) is 9.52. The van der Waals surface area contributed by atoms with E-state index in [2.05, 4.69) is 4.90 Å². The first-order valence-electron chi connectivity index (χ1n) is 11.6. The fourth-order valence-electron chi connectivity index (χ4n) is 6.77. The van der Waals surface area contributed by atoms with Crippen molar-refractivity contribution in [1.29, 1.82) is 0 Å². The normalized spacial score (nSPS) is 31.1. The number of para-hydroxylation sites is 1. The molecular weight excluding hydrogens is 402 g/mol. The number of hydrogen-bond acceptors (Lipinski definition) is 4. The first kappa shape index (κ1) is 19.7. The third-order valence-corrected chi connectivity index (χ3v) is 8.21. The molecular formula is C26H27N3O3. The summed E-state index contributed by atoms with van der Waals surface area (Å²) in [7, 11) is 0. The molecule has 4 heterocycles. The van der Waals surface area contributed by atoms with Gasteiger partial charge in [0.1, 0.15) is 5.54 Å². The van der Waals surface area contributed by atoms with Crippen LogP contribution in [0.15, 0.2) is 42.5 Å². The highest BCUT2D eigenvalue weighted by atomic mass is 16.2. The SMILES string of the molecule is CCN1C(=O)[C@@]2(c3ccccc31)[C@@H]1C(=O)N(c3ccc(C)c(C)c3)C(=O)[C@@H]1[C@@H]1CCCN12. The summed E-state index contributed by atoms with van der Waals surface area (Å²) in [4.78, 5) is 47.3. The lowest BCUT2D eigenvalue weighted by Gasteiger charge is -2.37. The van der Waals surface area contributed by atoms with Crippen molar-refractivity contribution in [3.05, 3.63) is 59.2 Å². The van der Waals surface area contributed by atoms with Crippen LogP contribution in [0.1, 0.15) is 36.5 Å². The number of hydrogen-bond donors (Lipinski definition) is 0. The van der Waals surface area contributed by atoms with Crippen LogP contribution in [0.2, 0.25) is 0 Å². The fraction of sp³-hybridized carbons (Fsp3) is 0.423. The monoisotopic (exact) mass is 429 g/mol. The summed E-state index contributed by atoms with van der Waals surface area (Å²) in [6, 6.07) is 13.4. The molecule has 6 heteroatoms. The van der Waals surface area contributed by atoms with E-state index in [0.717, 1.165) is 41.8 Å². The second kappa shape index (κ2) is 6.51. The average Bonchev–Trinajstić information content (AvgIpc) is 3.48. The molecule has 164 valence electrons. The average molecular weight is 430 g/mol. The van der Waals surface area contributed by atoms with Gasteiger partial charge in [-0.3, -0.25) is 19.3 Å². The molecule has 6 nitrogen and oxygen atoms in total. The minimum atomic E-state index is -1.08. The van der Waals surface area contributed by atoms with Crippen LogP contribution < -0.4 is 9.80 Å². The van der Waals surface area contributed by atoms with Gasteiger partial charge < -0.3 is 4.90 Å². The van der Waals surface area contributed by atoms with Crippen molar-refractivity contribution in [2.24, 2.45) is 11.8 Å². The number of nitrogens with zero attached hydrogens (tertiary/aromatic N) is 3. The molecule has 0 bridgehead atoms. The molecule has 0 aromatic heterocycles. The molecule has 4 atom stereocenters. The highest BCUT2D eigenvalue weighted by Crippen LogP contribution is 2.61. The number of imide groups is 1. The molecule has 4 aliphatic rings. The predicted octanol–water partition coefficient (Wildman–Crippen LogP) is 3.15. The highest BCUT2D eigenvalue weighted by molar-refractivity contribution is 6.26. The summed E-state index contributed by atoms with van der Waals surface area (Å²) in [5, 5.41) is 0. The minimum absolute atomic E-state index is 0.0521. The summed E-state index contributed by atoms with van der Waals surface area (Å²) in [6.07, 6.45) is 1.77. The van der Waals surface area contributed by atoms with Crippen molar-refractivity contribution < 1.29 is 14.4 Å². The third-order valence-electron chi connectivity index (χ3n) is 8.21.